The summed E-state index contributed by atoms with van der Waals surface area (Å²) >= 11 is 0. The summed E-state index contributed by atoms with van der Waals surface area (Å²) in [7, 11) is 0. The first-order valence-corrected chi connectivity index (χ1v) is 2.93. The number of ketones is 1. The van der Waals surface area contributed by atoms with Crippen molar-refractivity contribution in [3.05, 3.63) is 11.1 Å². The summed E-state index contributed by atoms with van der Waals surface area (Å²) in [6, 6.07) is 0. The van der Waals surface area contributed by atoms with Crippen LogP contribution in [0.25, 0.3) is 0 Å². The maximum absolute atomic E-state index is 10.8. The van der Waals surface area contributed by atoms with Crippen LogP contribution in [0.3, 0.4) is 0 Å². The predicted octanol–water partition coefficient (Wildman–Crippen LogP) is 0.503. The number of carbonyl (C=O) groups is 2. The molecule has 1 aliphatic rings. The fourth-order valence-electron chi connectivity index (χ4n) is 0.650. The Bertz CT molecular complexity index is 261. The molecule has 3 nitrogen and oxygen atoms in total. The van der Waals surface area contributed by atoms with E-state index in [-0.39, 0.29) is 0 Å². The first-order chi connectivity index (χ1) is 4.63. The molecular formula is C7H7NO2. The van der Waals surface area contributed by atoms with Crippen LogP contribution in [0.5, 0.6) is 0 Å². The number of hydrogen-bond acceptors (Lipinski definition) is 2. The SMILES string of the molecule is CC1=C(C)C(=O)C(=O)N=C1. The van der Waals surface area contributed by atoms with Gasteiger partial charge in [0.2, 0.25) is 5.78 Å². The van der Waals surface area contributed by atoms with Crippen molar-refractivity contribution in [2.24, 2.45) is 4.99 Å². The molecule has 0 atom stereocenters. The second-order valence-corrected chi connectivity index (χ2v) is 2.20. The minimum absolute atomic E-state index is 0.486. The zero-order valence-corrected chi connectivity index (χ0v) is 5.84. The van der Waals surface area contributed by atoms with E-state index in [1.807, 2.05) is 0 Å². The van der Waals surface area contributed by atoms with Crippen molar-refractivity contribution in [2.75, 3.05) is 0 Å². The van der Waals surface area contributed by atoms with Crippen LogP contribution in [0.1, 0.15) is 13.8 Å². The Morgan fingerprint density at radius 2 is 1.90 bits per heavy atom. The van der Waals surface area contributed by atoms with Gasteiger partial charge in [0.25, 0.3) is 0 Å². The summed E-state index contributed by atoms with van der Waals surface area (Å²) in [5, 5.41) is 0. The molecule has 0 spiro atoms. The molecule has 0 saturated carbocycles. The number of carbonyl (C=O) groups excluding carboxylic acids is 2. The zero-order valence-electron chi connectivity index (χ0n) is 5.84. The first kappa shape index (κ1) is 6.86. The molecule has 1 aliphatic heterocycles. The van der Waals surface area contributed by atoms with Crippen LogP contribution in [0.15, 0.2) is 16.1 Å². The molecule has 0 saturated heterocycles. The van der Waals surface area contributed by atoms with E-state index in [1.165, 1.54) is 6.21 Å². The Morgan fingerprint density at radius 1 is 1.30 bits per heavy atom. The molecular weight excluding hydrogens is 130 g/mol. The van der Waals surface area contributed by atoms with Gasteiger partial charge in [0.15, 0.2) is 0 Å². The topological polar surface area (TPSA) is 46.5 Å². The molecule has 1 amide bonds. The average molecular weight is 137 g/mol. The van der Waals surface area contributed by atoms with Gasteiger partial charge in [0.05, 0.1) is 0 Å². The van der Waals surface area contributed by atoms with Gasteiger partial charge in [-0.05, 0) is 19.4 Å². The number of aliphatic imine (C=N–C) groups is 1. The highest BCUT2D eigenvalue weighted by molar-refractivity contribution is 6.46. The number of hydrogen-bond donors (Lipinski definition) is 0. The third kappa shape index (κ3) is 0.900. The van der Waals surface area contributed by atoms with Gasteiger partial charge in [-0.25, -0.2) is 4.99 Å². The lowest BCUT2D eigenvalue weighted by atomic mass is 10.1. The lowest BCUT2D eigenvalue weighted by Gasteiger charge is -2.03. The summed E-state index contributed by atoms with van der Waals surface area (Å²) in [6.07, 6.45) is 1.42. The smallest absolute Gasteiger partial charge is 0.283 e. The maximum Gasteiger partial charge on any atom is 0.317 e. The Balaban J connectivity index is 3.11. The number of nitrogens with zero attached hydrogens (tertiary/aromatic N) is 1. The molecule has 0 unspecified atom stereocenters. The molecule has 0 aliphatic carbocycles. The summed E-state index contributed by atoms with van der Waals surface area (Å²) in [4.78, 5) is 24.8. The van der Waals surface area contributed by atoms with E-state index in [2.05, 4.69) is 4.99 Å². The molecule has 3 heteroatoms. The molecule has 0 aromatic carbocycles. The van der Waals surface area contributed by atoms with Gasteiger partial charge < -0.3 is 0 Å². The van der Waals surface area contributed by atoms with Gasteiger partial charge in [-0.15, -0.1) is 0 Å². The highest BCUT2D eigenvalue weighted by Crippen LogP contribution is 2.07. The third-order valence-electron chi connectivity index (χ3n) is 1.50. The quantitative estimate of drug-likeness (QED) is 0.456. The van der Waals surface area contributed by atoms with E-state index in [1.54, 1.807) is 13.8 Å². The van der Waals surface area contributed by atoms with Crippen LogP contribution in [0.4, 0.5) is 0 Å². The predicted molar refractivity (Wildman–Crippen MR) is 36.9 cm³/mol. The highest BCUT2D eigenvalue weighted by atomic mass is 16.2. The van der Waals surface area contributed by atoms with Crippen molar-refractivity contribution < 1.29 is 9.59 Å². The van der Waals surface area contributed by atoms with Crippen LogP contribution >= 0.6 is 0 Å². The standard InChI is InChI=1S/C7H7NO2/c1-4-3-8-7(10)6(9)5(4)2/h3H,1-2H3. The molecule has 0 bridgehead atoms. The minimum Gasteiger partial charge on any atom is -0.283 e. The van der Waals surface area contributed by atoms with Crippen LogP contribution in [-0.4, -0.2) is 17.9 Å². The van der Waals surface area contributed by atoms with Crippen molar-refractivity contribution in [3.8, 4) is 0 Å². The highest BCUT2D eigenvalue weighted by Gasteiger charge is 2.18. The summed E-state index contributed by atoms with van der Waals surface area (Å²) in [6.45, 7) is 3.38. The summed E-state index contributed by atoms with van der Waals surface area (Å²) in [5.74, 6) is -1.15. The van der Waals surface area contributed by atoms with Crippen molar-refractivity contribution in [3.63, 3.8) is 0 Å². The summed E-state index contributed by atoms with van der Waals surface area (Å²) < 4.78 is 0. The molecule has 0 fully saturated rings. The lowest BCUT2D eigenvalue weighted by molar-refractivity contribution is -0.133. The molecule has 10 heavy (non-hydrogen) atoms. The van der Waals surface area contributed by atoms with Gasteiger partial charge in [-0.1, -0.05) is 0 Å². The second-order valence-electron chi connectivity index (χ2n) is 2.20. The van der Waals surface area contributed by atoms with E-state index in [9.17, 15) is 9.59 Å². The molecule has 1 rings (SSSR count). The van der Waals surface area contributed by atoms with Crippen molar-refractivity contribution in [1.29, 1.82) is 0 Å². The van der Waals surface area contributed by atoms with Crippen molar-refractivity contribution in [2.45, 2.75) is 13.8 Å². The lowest BCUT2D eigenvalue weighted by Crippen LogP contribution is -2.17. The Hall–Kier alpha value is -1.25. The molecule has 0 aromatic heterocycles. The number of rotatable bonds is 0. The van der Waals surface area contributed by atoms with Crippen LogP contribution in [0, 0.1) is 0 Å². The average Bonchev–Trinajstić information content (AvgIpc) is 1.93. The molecule has 1 heterocycles. The van der Waals surface area contributed by atoms with E-state index in [0.29, 0.717) is 5.57 Å². The van der Waals surface area contributed by atoms with Crippen molar-refractivity contribution >= 4 is 17.9 Å². The summed E-state index contributed by atoms with van der Waals surface area (Å²) in [5.41, 5.74) is 1.27. The Kier molecular flexibility index (Phi) is 1.49. The van der Waals surface area contributed by atoms with E-state index in [4.69, 9.17) is 0 Å². The van der Waals surface area contributed by atoms with Crippen LogP contribution in [-0.2, 0) is 9.59 Å². The Morgan fingerprint density at radius 3 is 2.40 bits per heavy atom. The van der Waals surface area contributed by atoms with E-state index < -0.39 is 11.7 Å². The largest absolute Gasteiger partial charge is 0.317 e. The van der Waals surface area contributed by atoms with Crippen molar-refractivity contribution in [1.82, 2.24) is 0 Å². The first-order valence-electron chi connectivity index (χ1n) is 2.93. The number of Topliss-reactive ketones (excluding diaryl/α,β-unsaturated/α-hetero) is 1. The minimum atomic E-state index is -0.664. The van der Waals surface area contributed by atoms with Gasteiger partial charge in [-0.2, -0.15) is 0 Å². The van der Waals surface area contributed by atoms with Gasteiger partial charge in [0, 0.05) is 11.8 Å². The second kappa shape index (κ2) is 2.17. The number of dihydropyridines is 1. The molecule has 52 valence electrons. The van der Waals surface area contributed by atoms with Gasteiger partial charge in [-0.3, -0.25) is 9.59 Å². The van der Waals surface area contributed by atoms with Crippen LogP contribution in [0.2, 0.25) is 0 Å². The maximum atomic E-state index is 10.8. The number of allylic oxidation sites excluding steroid dienone is 1. The Labute approximate surface area is 58.5 Å². The van der Waals surface area contributed by atoms with Gasteiger partial charge >= 0.3 is 5.91 Å². The monoisotopic (exact) mass is 137 g/mol. The third-order valence-corrected chi connectivity index (χ3v) is 1.50. The number of amides is 1. The van der Waals surface area contributed by atoms with Crippen LogP contribution < -0.4 is 0 Å². The molecule has 0 aromatic rings. The zero-order chi connectivity index (χ0) is 7.72. The fraction of sp³-hybridized carbons (Fsp3) is 0.286. The van der Waals surface area contributed by atoms with E-state index >= 15 is 0 Å². The molecule has 0 radical (unpaired) electrons. The fourth-order valence-corrected chi connectivity index (χ4v) is 0.650. The normalized spacial score (nSPS) is 18.6. The van der Waals surface area contributed by atoms with Gasteiger partial charge in [0.1, 0.15) is 0 Å². The molecule has 0 N–H and O–H groups in total. The van der Waals surface area contributed by atoms with E-state index in [0.717, 1.165) is 5.57 Å².